The Morgan fingerprint density at radius 1 is 1.11 bits per heavy atom. The number of hydrogen-bond acceptors (Lipinski definition) is 1. The van der Waals surface area contributed by atoms with Crippen LogP contribution < -0.4 is 0 Å². The van der Waals surface area contributed by atoms with Crippen molar-refractivity contribution in [1.29, 1.82) is 0 Å². The number of aryl methyl sites for hydroxylation is 1. The second-order valence-corrected chi connectivity index (χ2v) is 9.47. The van der Waals surface area contributed by atoms with E-state index in [-0.39, 0.29) is 17.2 Å². The molecule has 3 atom stereocenters. The number of carbonyl (C=O) groups is 1. The highest BCUT2D eigenvalue weighted by Gasteiger charge is 2.30. The summed E-state index contributed by atoms with van der Waals surface area (Å²) in [5.74, 6) is 1.14. The summed E-state index contributed by atoms with van der Waals surface area (Å²) in [5, 5.41) is 0. The normalized spacial score (nSPS) is 15.4. The van der Waals surface area contributed by atoms with Crippen molar-refractivity contribution in [3.8, 4) is 0 Å². The van der Waals surface area contributed by atoms with Crippen LogP contribution in [0.3, 0.4) is 0 Å². The Morgan fingerprint density at radius 3 is 2.33 bits per heavy atom. The predicted molar refractivity (Wildman–Crippen MR) is 115 cm³/mol. The van der Waals surface area contributed by atoms with Crippen LogP contribution in [-0.4, -0.2) is 5.78 Å². The average molecular weight is 377 g/mol. The minimum atomic E-state index is -0.119. The second kappa shape index (κ2) is 11.0. The lowest BCUT2D eigenvalue weighted by atomic mass is 9.74. The molecule has 2 heteroatoms. The summed E-state index contributed by atoms with van der Waals surface area (Å²) in [6.45, 7) is 15.0. The molecule has 0 aliphatic rings. The Kier molecular flexibility index (Phi) is 9.70. The molecule has 1 nitrogen and oxygen atoms in total. The number of ketones is 1. The second-order valence-electron chi connectivity index (χ2n) is 9.47. The zero-order valence-electron chi connectivity index (χ0n) is 18.7. The van der Waals surface area contributed by atoms with Crippen molar-refractivity contribution in [2.24, 2.45) is 23.2 Å². The van der Waals surface area contributed by atoms with Crippen molar-refractivity contribution in [2.45, 2.75) is 93.4 Å². The molecule has 0 aliphatic carbocycles. The highest BCUT2D eigenvalue weighted by atomic mass is 19.1. The van der Waals surface area contributed by atoms with Gasteiger partial charge in [0, 0.05) is 12.3 Å². The lowest BCUT2D eigenvalue weighted by Gasteiger charge is -2.30. The topological polar surface area (TPSA) is 17.1 Å². The molecule has 0 saturated heterocycles. The number of carbonyl (C=O) groups excluding carboxylic acids is 1. The first-order valence-electron chi connectivity index (χ1n) is 10.9. The Balaban J connectivity index is 2.95. The van der Waals surface area contributed by atoms with Gasteiger partial charge in [-0.2, -0.15) is 0 Å². The van der Waals surface area contributed by atoms with E-state index >= 15 is 0 Å². The zero-order chi connectivity index (χ0) is 20.6. The highest BCUT2D eigenvalue weighted by Crippen LogP contribution is 2.32. The molecule has 1 rings (SSSR count). The molecule has 0 heterocycles. The molecule has 0 amide bonds. The molecule has 0 aliphatic heterocycles. The SMILES string of the molecule is CCCCCC(C)C(CC(=O)C(C)C(C)(C)C)Cc1ccc(F)c(CC)c1. The zero-order valence-corrected chi connectivity index (χ0v) is 18.7. The van der Waals surface area contributed by atoms with Gasteiger partial charge < -0.3 is 0 Å². The molecule has 0 saturated carbocycles. The van der Waals surface area contributed by atoms with Gasteiger partial charge in [0.05, 0.1) is 0 Å². The van der Waals surface area contributed by atoms with Crippen molar-refractivity contribution in [2.75, 3.05) is 0 Å². The number of rotatable bonds is 11. The van der Waals surface area contributed by atoms with Gasteiger partial charge in [0.15, 0.2) is 0 Å². The van der Waals surface area contributed by atoms with E-state index in [9.17, 15) is 9.18 Å². The molecule has 0 aromatic heterocycles. The Labute approximate surface area is 167 Å². The predicted octanol–water partition coefficient (Wildman–Crippen LogP) is 7.40. The molecular weight excluding hydrogens is 335 g/mol. The van der Waals surface area contributed by atoms with E-state index < -0.39 is 0 Å². The number of hydrogen-bond donors (Lipinski definition) is 0. The largest absolute Gasteiger partial charge is 0.299 e. The fourth-order valence-electron chi connectivity index (χ4n) is 3.67. The smallest absolute Gasteiger partial charge is 0.136 e. The van der Waals surface area contributed by atoms with Gasteiger partial charge >= 0.3 is 0 Å². The molecule has 0 bridgehead atoms. The molecule has 27 heavy (non-hydrogen) atoms. The van der Waals surface area contributed by atoms with Gasteiger partial charge in [-0.15, -0.1) is 0 Å². The summed E-state index contributed by atoms with van der Waals surface area (Å²) in [5.41, 5.74) is 1.94. The monoisotopic (exact) mass is 376 g/mol. The number of Topliss-reactive ketones (excluding diaryl/α,β-unsaturated/α-hetero) is 1. The molecule has 154 valence electrons. The maximum Gasteiger partial charge on any atom is 0.136 e. The lowest BCUT2D eigenvalue weighted by molar-refractivity contribution is -0.126. The van der Waals surface area contributed by atoms with Crippen LogP contribution in [0, 0.1) is 29.0 Å². The maximum atomic E-state index is 13.9. The quantitative estimate of drug-likeness (QED) is 0.368. The summed E-state index contributed by atoms with van der Waals surface area (Å²) in [7, 11) is 0. The van der Waals surface area contributed by atoms with Gasteiger partial charge in [-0.25, -0.2) is 4.39 Å². The van der Waals surface area contributed by atoms with E-state index in [0.717, 1.165) is 24.0 Å². The Hall–Kier alpha value is -1.18. The number of unbranched alkanes of at least 4 members (excludes halogenated alkanes) is 2. The Bertz CT molecular complexity index is 584. The molecule has 0 radical (unpaired) electrons. The van der Waals surface area contributed by atoms with Crippen LogP contribution >= 0.6 is 0 Å². The molecule has 0 N–H and O–H groups in total. The lowest BCUT2D eigenvalue weighted by Crippen LogP contribution is -2.29. The van der Waals surface area contributed by atoms with E-state index in [2.05, 4.69) is 41.5 Å². The van der Waals surface area contributed by atoms with Crippen molar-refractivity contribution in [3.05, 3.63) is 35.1 Å². The van der Waals surface area contributed by atoms with E-state index in [1.165, 1.54) is 19.3 Å². The Morgan fingerprint density at radius 2 is 1.78 bits per heavy atom. The minimum absolute atomic E-state index is 0.00165. The molecule has 1 aromatic carbocycles. The first-order valence-corrected chi connectivity index (χ1v) is 10.9. The molecule has 1 aromatic rings. The van der Waals surface area contributed by atoms with Gasteiger partial charge in [-0.05, 0) is 47.3 Å². The van der Waals surface area contributed by atoms with Gasteiger partial charge in [-0.1, -0.05) is 86.3 Å². The van der Waals surface area contributed by atoms with Gasteiger partial charge in [-0.3, -0.25) is 4.79 Å². The van der Waals surface area contributed by atoms with Crippen LogP contribution in [-0.2, 0) is 17.6 Å². The molecule has 0 spiro atoms. The van der Waals surface area contributed by atoms with Crippen molar-refractivity contribution in [3.63, 3.8) is 0 Å². The average Bonchev–Trinajstić information content (AvgIpc) is 2.61. The minimum Gasteiger partial charge on any atom is -0.299 e. The van der Waals surface area contributed by atoms with Gasteiger partial charge in [0.2, 0.25) is 0 Å². The number of halogens is 1. The first kappa shape index (κ1) is 23.9. The van der Waals surface area contributed by atoms with Crippen LogP contribution in [0.4, 0.5) is 4.39 Å². The van der Waals surface area contributed by atoms with Gasteiger partial charge in [0.1, 0.15) is 11.6 Å². The maximum absolute atomic E-state index is 13.9. The van der Waals surface area contributed by atoms with Crippen LogP contribution in [0.1, 0.15) is 91.7 Å². The summed E-state index contributed by atoms with van der Waals surface area (Å²) in [6.07, 6.45) is 7.05. The van der Waals surface area contributed by atoms with Crippen LogP contribution in [0.25, 0.3) is 0 Å². The first-order chi connectivity index (χ1) is 12.6. The van der Waals surface area contributed by atoms with Crippen LogP contribution in [0.2, 0.25) is 0 Å². The fraction of sp³-hybridized carbons (Fsp3) is 0.720. The third kappa shape index (κ3) is 7.76. The molecule has 3 unspecified atom stereocenters. The van der Waals surface area contributed by atoms with Crippen LogP contribution in [0.5, 0.6) is 0 Å². The van der Waals surface area contributed by atoms with Gasteiger partial charge in [0.25, 0.3) is 0 Å². The summed E-state index contributed by atoms with van der Waals surface area (Å²) < 4.78 is 13.9. The summed E-state index contributed by atoms with van der Waals surface area (Å²) >= 11 is 0. The number of benzene rings is 1. The van der Waals surface area contributed by atoms with E-state index in [4.69, 9.17) is 0 Å². The third-order valence-electron chi connectivity index (χ3n) is 6.30. The van der Waals surface area contributed by atoms with E-state index in [0.29, 0.717) is 30.5 Å². The highest BCUT2D eigenvalue weighted by molar-refractivity contribution is 5.81. The summed E-state index contributed by atoms with van der Waals surface area (Å²) in [6, 6.07) is 5.49. The van der Waals surface area contributed by atoms with Crippen molar-refractivity contribution in [1.82, 2.24) is 0 Å². The van der Waals surface area contributed by atoms with E-state index in [1.54, 1.807) is 6.07 Å². The standard InChI is InChI=1S/C25H41FO/c1-8-10-11-12-18(3)22(17-24(27)19(4)25(5,6)7)16-20-13-14-23(26)21(9-2)15-20/h13-15,18-19,22H,8-12,16-17H2,1-7H3. The van der Waals surface area contributed by atoms with Crippen molar-refractivity contribution >= 4 is 5.78 Å². The summed E-state index contributed by atoms with van der Waals surface area (Å²) in [4.78, 5) is 12.9. The van der Waals surface area contributed by atoms with E-state index in [1.807, 2.05) is 19.1 Å². The van der Waals surface area contributed by atoms with Crippen molar-refractivity contribution < 1.29 is 9.18 Å². The van der Waals surface area contributed by atoms with Crippen LogP contribution in [0.15, 0.2) is 18.2 Å². The molecule has 0 fully saturated rings. The fourth-order valence-corrected chi connectivity index (χ4v) is 3.67. The third-order valence-corrected chi connectivity index (χ3v) is 6.30. The molecular formula is C25H41FO.